The number of hydrogen-bond donors (Lipinski definition) is 3. The summed E-state index contributed by atoms with van der Waals surface area (Å²) in [4.78, 5) is 33.5. The first-order valence-corrected chi connectivity index (χ1v) is 5.75. The number of hydrogen-bond acceptors (Lipinski definition) is 3. The molecule has 1 fully saturated rings. The predicted octanol–water partition coefficient (Wildman–Crippen LogP) is -0.260. The molecule has 1 saturated carbocycles. The van der Waals surface area contributed by atoms with Crippen LogP contribution < -0.4 is 10.6 Å². The molecule has 2 unspecified atom stereocenters. The molecule has 0 bridgehead atoms. The van der Waals surface area contributed by atoms with Gasteiger partial charge in [0.05, 0.1) is 12.5 Å². The van der Waals surface area contributed by atoms with E-state index in [-0.39, 0.29) is 24.3 Å². The Bertz CT molecular complexity index is 317. The molecule has 0 aromatic heterocycles. The van der Waals surface area contributed by atoms with Gasteiger partial charge in [-0.3, -0.25) is 14.4 Å². The van der Waals surface area contributed by atoms with Crippen LogP contribution in [0.3, 0.4) is 0 Å². The Hall–Kier alpha value is -1.59. The lowest BCUT2D eigenvalue weighted by atomic mass is 9.81. The predicted molar refractivity (Wildman–Crippen MR) is 60.2 cm³/mol. The lowest BCUT2D eigenvalue weighted by Gasteiger charge is -2.25. The standard InChI is InChI=1S/C11H18N2O4/c1-12-9(14)6-13-10(15)7-3-2-4-8(5-7)11(16)17/h7-8H,2-6H2,1H3,(H,12,14)(H,13,15)(H,16,17). The fourth-order valence-corrected chi connectivity index (χ4v) is 2.05. The normalized spacial score (nSPS) is 23.8. The molecule has 2 amide bonds. The number of carbonyl (C=O) groups excluding carboxylic acids is 2. The van der Waals surface area contributed by atoms with Gasteiger partial charge in [-0.05, 0) is 19.3 Å². The van der Waals surface area contributed by atoms with Crippen LogP contribution in [-0.4, -0.2) is 36.5 Å². The van der Waals surface area contributed by atoms with Crippen LogP contribution in [0.1, 0.15) is 25.7 Å². The molecule has 6 heteroatoms. The molecule has 0 aliphatic heterocycles. The summed E-state index contributed by atoms with van der Waals surface area (Å²) in [6.07, 6.45) is 2.45. The fraction of sp³-hybridized carbons (Fsp3) is 0.727. The molecule has 0 saturated heterocycles. The number of aliphatic carboxylic acids is 1. The van der Waals surface area contributed by atoms with Crippen molar-refractivity contribution in [3.05, 3.63) is 0 Å². The average Bonchev–Trinajstić information content (AvgIpc) is 2.35. The summed E-state index contributed by atoms with van der Waals surface area (Å²) in [6, 6.07) is 0. The molecule has 6 nitrogen and oxygen atoms in total. The molecule has 17 heavy (non-hydrogen) atoms. The van der Waals surface area contributed by atoms with Gasteiger partial charge in [-0.15, -0.1) is 0 Å². The molecule has 1 aliphatic rings. The molecule has 0 radical (unpaired) electrons. The quantitative estimate of drug-likeness (QED) is 0.633. The van der Waals surface area contributed by atoms with E-state index in [2.05, 4.69) is 10.6 Å². The van der Waals surface area contributed by atoms with Crippen LogP contribution in [0, 0.1) is 11.8 Å². The van der Waals surface area contributed by atoms with E-state index in [1.165, 1.54) is 7.05 Å². The first-order valence-electron chi connectivity index (χ1n) is 5.75. The number of carbonyl (C=O) groups is 3. The number of likely N-dealkylation sites (N-methyl/N-ethyl adjacent to an activating group) is 1. The van der Waals surface area contributed by atoms with E-state index in [4.69, 9.17) is 5.11 Å². The Balaban J connectivity index is 2.41. The third-order valence-corrected chi connectivity index (χ3v) is 3.10. The van der Waals surface area contributed by atoms with Crippen molar-refractivity contribution in [2.45, 2.75) is 25.7 Å². The van der Waals surface area contributed by atoms with E-state index in [0.717, 1.165) is 6.42 Å². The summed E-state index contributed by atoms with van der Waals surface area (Å²) < 4.78 is 0. The third kappa shape index (κ3) is 4.05. The van der Waals surface area contributed by atoms with E-state index in [1.54, 1.807) is 0 Å². The molecule has 1 rings (SSSR count). The van der Waals surface area contributed by atoms with E-state index in [1.807, 2.05) is 0 Å². The summed E-state index contributed by atoms with van der Waals surface area (Å²) in [5.74, 6) is -2.04. The van der Waals surface area contributed by atoms with Gasteiger partial charge in [0.15, 0.2) is 0 Å². The Morgan fingerprint density at radius 3 is 2.47 bits per heavy atom. The minimum absolute atomic E-state index is 0.0520. The van der Waals surface area contributed by atoms with Gasteiger partial charge in [0.25, 0.3) is 0 Å². The van der Waals surface area contributed by atoms with E-state index >= 15 is 0 Å². The lowest BCUT2D eigenvalue weighted by Crippen LogP contribution is -2.40. The highest BCUT2D eigenvalue weighted by Gasteiger charge is 2.30. The molecule has 0 heterocycles. The molecule has 2 atom stereocenters. The van der Waals surface area contributed by atoms with Crippen molar-refractivity contribution in [1.29, 1.82) is 0 Å². The van der Waals surface area contributed by atoms with Crippen molar-refractivity contribution in [3.8, 4) is 0 Å². The number of carboxylic acid groups (broad SMARTS) is 1. The monoisotopic (exact) mass is 242 g/mol. The lowest BCUT2D eigenvalue weighted by molar-refractivity contribution is -0.144. The Morgan fingerprint density at radius 2 is 1.88 bits per heavy atom. The maximum absolute atomic E-state index is 11.7. The molecular weight excluding hydrogens is 224 g/mol. The van der Waals surface area contributed by atoms with Crippen LogP contribution in [0.2, 0.25) is 0 Å². The molecule has 96 valence electrons. The molecule has 0 spiro atoms. The van der Waals surface area contributed by atoms with E-state index in [9.17, 15) is 14.4 Å². The Labute approximate surface area is 99.8 Å². The van der Waals surface area contributed by atoms with Crippen molar-refractivity contribution in [1.82, 2.24) is 10.6 Å². The number of nitrogens with one attached hydrogen (secondary N) is 2. The summed E-state index contributed by atoms with van der Waals surface area (Å²) in [6.45, 7) is -0.0520. The first kappa shape index (κ1) is 13.5. The van der Waals surface area contributed by atoms with Gasteiger partial charge in [0, 0.05) is 13.0 Å². The molecule has 3 N–H and O–H groups in total. The van der Waals surface area contributed by atoms with Crippen molar-refractivity contribution in [2.75, 3.05) is 13.6 Å². The van der Waals surface area contributed by atoms with Gasteiger partial charge in [-0.1, -0.05) is 6.42 Å². The van der Waals surface area contributed by atoms with Gasteiger partial charge >= 0.3 is 5.97 Å². The molecule has 0 aromatic carbocycles. The third-order valence-electron chi connectivity index (χ3n) is 3.10. The Kier molecular flexibility index (Phi) is 4.93. The molecule has 1 aliphatic carbocycles. The second kappa shape index (κ2) is 6.22. The second-order valence-corrected chi connectivity index (χ2v) is 4.29. The maximum atomic E-state index is 11.7. The summed E-state index contributed by atoms with van der Waals surface area (Å²) in [7, 11) is 1.50. The summed E-state index contributed by atoms with van der Waals surface area (Å²) in [5, 5.41) is 13.8. The van der Waals surface area contributed by atoms with Crippen molar-refractivity contribution in [3.63, 3.8) is 0 Å². The number of amides is 2. The van der Waals surface area contributed by atoms with Crippen molar-refractivity contribution in [2.24, 2.45) is 11.8 Å². The largest absolute Gasteiger partial charge is 0.481 e. The van der Waals surface area contributed by atoms with Gasteiger partial charge in [0.1, 0.15) is 0 Å². The minimum atomic E-state index is -0.839. The highest BCUT2D eigenvalue weighted by atomic mass is 16.4. The second-order valence-electron chi connectivity index (χ2n) is 4.29. The van der Waals surface area contributed by atoms with Crippen LogP contribution in [0.5, 0.6) is 0 Å². The van der Waals surface area contributed by atoms with Gasteiger partial charge in [-0.25, -0.2) is 0 Å². The van der Waals surface area contributed by atoms with Crippen LogP contribution in [-0.2, 0) is 14.4 Å². The van der Waals surface area contributed by atoms with Crippen LogP contribution >= 0.6 is 0 Å². The van der Waals surface area contributed by atoms with Gasteiger partial charge < -0.3 is 15.7 Å². The number of carboxylic acids is 1. The maximum Gasteiger partial charge on any atom is 0.306 e. The van der Waals surface area contributed by atoms with Gasteiger partial charge in [-0.2, -0.15) is 0 Å². The zero-order valence-corrected chi connectivity index (χ0v) is 9.86. The topological polar surface area (TPSA) is 95.5 Å². The van der Waals surface area contributed by atoms with Crippen LogP contribution in [0.25, 0.3) is 0 Å². The highest BCUT2D eigenvalue weighted by Crippen LogP contribution is 2.29. The smallest absolute Gasteiger partial charge is 0.306 e. The minimum Gasteiger partial charge on any atom is -0.481 e. The molecule has 0 aromatic rings. The summed E-state index contributed by atoms with van der Waals surface area (Å²) >= 11 is 0. The van der Waals surface area contributed by atoms with Crippen molar-refractivity contribution >= 4 is 17.8 Å². The van der Waals surface area contributed by atoms with Crippen LogP contribution in [0.4, 0.5) is 0 Å². The average molecular weight is 242 g/mol. The highest BCUT2D eigenvalue weighted by molar-refractivity contribution is 5.86. The van der Waals surface area contributed by atoms with Gasteiger partial charge in [0.2, 0.25) is 11.8 Å². The first-order chi connectivity index (χ1) is 8.04. The summed E-state index contributed by atoms with van der Waals surface area (Å²) in [5.41, 5.74) is 0. The SMILES string of the molecule is CNC(=O)CNC(=O)C1CCCC(C(=O)O)C1. The Morgan fingerprint density at radius 1 is 1.24 bits per heavy atom. The zero-order chi connectivity index (χ0) is 12.8. The zero-order valence-electron chi connectivity index (χ0n) is 9.86. The van der Waals surface area contributed by atoms with E-state index < -0.39 is 11.9 Å². The van der Waals surface area contributed by atoms with E-state index in [0.29, 0.717) is 19.3 Å². The molecular formula is C11H18N2O4. The van der Waals surface area contributed by atoms with Crippen molar-refractivity contribution < 1.29 is 19.5 Å². The fourth-order valence-electron chi connectivity index (χ4n) is 2.05. The van der Waals surface area contributed by atoms with Crippen LogP contribution in [0.15, 0.2) is 0 Å². The number of rotatable bonds is 4.